The van der Waals surface area contributed by atoms with Crippen molar-refractivity contribution in [3.63, 3.8) is 0 Å². The lowest BCUT2D eigenvalue weighted by molar-refractivity contribution is -0.142. The van der Waals surface area contributed by atoms with Crippen LogP contribution in [0.1, 0.15) is 38.3 Å². The third-order valence-electron chi connectivity index (χ3n) is 5.06. The Morgan fingerprint density at radius 2 is 1.60 bits per heavy atom. The van der Waals surface area contributed by atoms with E-state index in [9.17, 15) is 9.59 Å². The molecule has 30 heavy (non-hydrogen) atoms. The van der Waals surface area contributed by atoms with Crippen LogP contribution in [0.5, 0.6) is 11.5 Å². The van der Waals surface area contributed by atoms with Gasteiger partial charge in [-0.05, 0) is 57.0 Å². The Bertz CT molecular complexity index is 818. The number of nitrogens with one attached hydrogen (secondary N) is 1. The second kappa shape index (κ2) is 11.2. The first kappa shape index (κ1) is 23.3. The number of carbonyl (C=O) groups excluding carboxylic acids is 2. The smallest absolute Gasteiger partial charge is 0.261 e. The Labute approximate surface area is 179 Å². The van der Waals surface area contributed by atoms with Gasteiger partial charge in [-0.25, -0.2) is 0 Å². The zero-order chi connectivity index (χ0) is 22.1. The lowest BCUT2D eigenvalue weighted by Gasteiger charge is -2.29. The van der Waals surface area contributed by atoms with Crippen molar-refractivity contribution in [3.05, 3.63) is 59.7 Å². The number of ether oxygens (including phenoxy) is 2. The minimum Gasteiger partial charge on any atom is -0.497 e. The maximum absolute atomic E-state index is 13.0. The third-order valence-corrected chi connectivity index (χ3v) is 5.06. The standard InChI is InChI=1S/C24H32N2O4/c1-6-18(3)25-24(28)19(4)26(15-20-9-7-17(2)8-10-20)23(27)16-30-22-13-11-21(29-5)12-14-22/h7-14,18-19H,6,15-16H2,1-5H3,(H,25,28)/t18-,19+/m1/s1. The molecule has 0 spiro atoms. The number of carbonyl (C=O) groups is 2. The molecule has 0 fully saturated rings. The number of rotatable bonds is 10. The van der Waals surface area contributed by atoms with Crippen molar-refractivity contribution in [2.24, 2.45) is 0 Å². The van der Waals surface area contributed by atoms with Gasteiger partial charge in [0.25, 0.3) is 5.91 Å². The van der Waals surface area contributed by atoms with E-state index in [0.717, 1.165) is 17.5 Å². The molecule has 0 aliphatic heterocycles. The molecule has 162 valence electrons. The highest BCUT2D eigenvalue weighted by molar-refractivity contribution is 5.88. The molecular weight excluding hydrogens is 380 g/mol. The number of nitrogens with zero attached hydrogens (tertiary/aromatic N) is 1. The van der Waals surface area contributed by atoms with E-state index in [4.69, 9.17) is 9.47 Å². The van der Waals surface area contributed by atoms with Crippen LogP contribution in [-0.2, 0) is 16.1 Å². The van der Waals surface area contributed by atoms with Gasteiger partial charge in [-0.3, -0.25) is 9.59 Å². The number of methoxy groups -OCH3 is 1. The Balaban J connectivity index is 2.12. The summed E-state index contributed by atoms with van der Waals surface area (Å²) >= 11 is 0. The molecule has 0 saturated heterocycles. The van der Waals surface area contributed by atoms with Crippen molar-refractivity contribution in [3.8, 4) is 11.5 Å². The molecule has 2 atom stereocenters. The molecule has 0 saturated carbocycles. The van der Waals surface area contributed by atoms with Crippen molar-refractivity contribution >= 4 is 11.8 Å². The highest BCUT2D eigenvalue weighted by atomic mass is 16.5. The quantitative estimate of drug-likeness (QED) is 0.646. The van der Waals surface area contributed by atoms with Crippen molar-refractivity contribution in [2.45, 2.75) is 52.7 Å². The van der Waals surface area contributed by atoms with Gasteiger partial charge in [0.05, 0.1) is 7.11 Å². The summed E-state index contributed by atoms with van der Waals surface area (Å²) in [4.78, 5) is 27.3. The maximum atomic E-state index is 13.0. The predicted octanol–water partition coefficient (Wildman–Crippen LogP) is 3.71. The van der Waals surface area contributed by atoms with Gasteiger partial charge in [-0.1, -0.05) is 36.8 Å². The first-order valence-electron chi connectivity index (χ1n) is 10.3. The van der Waals surface area contributed by atoms with Gasteiger partial charge in [0.1, 0.15) is 17.5 Å². The summed E-state index contributed by atoms with van der Waals surface area (Å²) in [7, 11) is 1.59. The average molecular weight is 413 g/mol. The Kier molecular flexibility index (Phi) is 8.71. The second-order valence-electron chi connectivity index (χ2n) is 7.47. The minimum absolute atomic E-state index is 0.0480. The monoisotopic (exact) mass is 412 g/mol. The van der Waals surface area contributed by atoms with Gasteiger partial charge in [0.2, 0.25) is 5.91 Å². The van der Waals surface area contributed by atoms with Crippen molar-refractivity contribution in [1.29, 1.82) is 0 Å². The van der Waals surface area contributed by atoms with Crippen LogP contribution >= 0.6 is 0 Å². The van der Waals surface area contributed by atoms with Crippen LogP contribution in [0.15, 0.2) is 48.5 Å². The summed E-state index contributed by atoms with van der Waals surface area (Å²) in [6.45, 7) is 7.89. The van der Waals surface area contributed by atoms with Gasteiger partial charge < -0.3 is 19.7 Å². The molecule has 2 rings (SSSR count). The van der Waals surface area contributed by atoms with Gasteiger partial charge in [0.15, 0.2) is 6.61 Å². The summed E-state index contributed by atoms with van der Waals surface area (Å²) in [6.07, 6.45) is 0.824. The number of amides is 2. The van der Waals surface area contributed by atoms with Crippen LogP contribution in [-0.4, -0.2) is 42.5 Å². The Hall–Kier alpha value is -3.02. The van der Waals surface area contributed by atoms with E-state index in [1.807, 2.05) is 45.0 Å². The molecule has 2 amide bonds. The molecular formula is C24H32N2O4. The number of aryl methyl sites for hydroxylation is 1. The van der Waals surface area contributed by atoms with Gasteiger partial charge in [-0.2, -0.15) is 0 Å². The fourth-order valence-electron chi connectivity index (χ4n) is 2.84. The lowest BCUT2D eigenvalue weighted by atomic mass is 10.1. The summed E-state index contributed by atoms with van der Waals surface area (Å²) in [5.41, 5.74) is 2.10. The molecule has 0 unspecified atom stereocenters. The number of benzene rings is 2. The molecule has 0 heterocycles. The number of hydrogen-bond acceptors (Lipinski definition) is 4. The van der Waals surface area contributed by atoms with Crippen LogP contribution in [0.25, 0.3) is 0 Å². The second-order valence-corrected chi connectivity index (χ2v) is 7.47. The minimum atomic E-state index is -0.618. The summed E-state index contributed by atoms with van der Waals surface area (Å²) in [5, 5.41) is 2.96. The van der Waals surface area contributed by atoms with E-state index < -0.39 is 6.04 Å². The highest BCUT2D eigenvalue weighted by Crippen LogP contribution is 2.18. The SMILES string of the molecule is CC[C@@H](C)NC(=O)[C@H](C)N(Cc1ccc(C)cc1)C(=O)COc1ccc(OC)cc1. The van der Waals surface area contributed by atoms with Crippen LogP contribution in [0.2, 0.25) is 0 Å². The molecule has 0 radical (unpaired) electrons. The van der Waals surface area contributed by atoms with Crippen molar-refractivity contribution in [1.82, 2.24) is 10.2 Å². The molecule has 2 aromatic rings. The van der Waals surface area contributed by atoms with Crippen LogP contribution in [0, 0.1) is 6.92 Å². The van der Waals surface area contributed by atoms with E-state index in [0.29, 0.717) is 18.0 Å². The van der Waals surface area contributed by atoms with Gasteiger partial charge in [-0.15, -0.1) is 0 Å². The molecule has 0 aliphatic rings. The third kappa shape index (κ3) is 6.79. The molecule has 1 N–H and O–H groups in total. The van der Waals surface area contributed by atoms with E-state index in [1.54, 1.807) is 43.2 Å². The van der Waals surface area contributed by atoms with E-state index in [2.05, 4.69) is 5.32 Å². The van der Waals surface area contributed by atoms with E-state index >= 15 is 0 Å². The Morgan fingerprint density at radius 1 is 1.00 bits per heavy atom. The molecule has 6 nitrogen and oxygen atoms in total. The fourth-order valence-corrected chi connectivity index (χ4v) is 2.84. The first-order valence-corrected chi connectivity index (χ1v) is 10.3. The zero-order valence-corrected chi connectivity index (χ0v) is 18.5. The molecule has 2 aromatic carbocycles. The highest BCUT2D eigenvalue weighted by Gasteiger charge is 2.27. The largest absolute Gasteiger partial charge is 0.497 e. The topological polar surface area (TPSA) is 67.9 Å². The molecule has 0 bridgehead atoms. The number of hydrogen-bond donors (Lipinski definition) is 1. The summed E-state index contributed by atoms with van der Waals surface area (Å²) in [6, 6.07) is 14.4. The lowest BCUT2D eigenvalue weighted by Crippen LogP contribution is -2.50. The zero-order valence-electron chi connectivity index (χ0n) is 18.5. The maximum Gasteiger partial charge on any atom is 0.261 e. The van der Waals surface area contributed by atoms with Crippen LogP contribution < -0.4 is 14.8 Å². The summed E-state index contributed by atoms with van der Waals surface area (Å²) in [5.74, 6) is 0.855. The van der Waals surface area contributed by atoms with Gasteiger partial charge >= 0.3 is 0 Å². The predicted molar refractivity (Wildman–Crippen MR) is 118 cm³/mol. The van der Waals surface area contributed by atoms with E-state index in [-0.39, 0.29) is 24.5 Å². The van der Waals surface area contributed by atoms with Crippen LogP contribution in [0.4, 0.5) is 0 Å². The normalized spacial score (nSPS) is 12.6. The summed E-state index contributed by atoms with van der Waals surface area (Å²) < 4.78 is 10.8. The fraction of sp³-hybridized carbons (Fsp3) is 0.417. The van der Waals surface area contributed by atoms with Crippen molar-refractivity contribution in [2.75, 3.05) is 13.7 Å². The van der Waals surface area contributed by atoms with Crippen molar-refractivity contribution < 1.29 is 19.1 Å². The first-order chi connectivity index (χ1) is 14.3. The van der Waals surface area contributed by atoms with Crippen LogP contribution in [0.3, 0.4) is 0 Å². The average Bonchev–Trinajstić information content (AvgIpc) is 2.76. The molecule has 6 heteroatoms. The van der Waals surface area contributed by atoms with E-state index in [1.165, 1.54) is 0 Å². The molecule has 0 aliphatic carbocycles. The van der Waals surface area contributed by atoms with Gasteiger partial charge in [0, 0.05) is 12.6 Å². The Morgan fingerprint density at radius 3 is 2.17 bits per heavy atom. The molecule has 0 aromatic heterocycles.